The van der Waals surface area contributed by atoms with E-state index < -0.39 is 8.80 Å². The summed E-state index contributed by atoms with van der Waals surface area (Å²) in [7, 11) is -3.89. The molecule has 0 fully saturated rings. The molecule has 0 spiro atoms. The Bertz CT molecular complexity index is 355. The molecule has 0 aromatic carbocycles. The molecule has 0 atom stereocenters. The van der Waals surface area contributed by atoms with Crippen molar-refractivity contribution in [3.05, 3.63) is 0 Å². The SMILES string of the molecule is CCCCCCCCCCCCCCCC[N+](CCC)(CCC)CCC[Si](O)(O)O. The van der Waals surface area contributed by atoms with Crippen LogP contribution in [0, 0.1) is 0 Å². The summed E-state index contributed by atoms with van der Waals surface area (Å²) in [5.41, 5.74) is 0. The lowest BCUT2D eigenvalue weighted by atomic mass is 10.0. The minimum atomic E-state index is -3.89. The molecule has 0 radical (unpaired) electrons. The molecule has 5 heteroatoms. The highest BCUT2D eigenvalue weighted by Gasteiger charge is 2.30. The molecule has 3 N–H and O–H groups in total. The normalized spacial score (nSPS) is 12.6. The van der Waals surface area contributed by atoms with Crippen LogP contribution in [0.3, 0.4) is 0 Å². The maximum atomic E-state index is 9.33. The van der Waals surface area contributed by atoms with E-state index in [1.807, 2.05) is 0 Å². The van der Waals surface area contributed by atoms with Crippen molar-refractivity contribution in [3.63, 3.8) is 0 Å². The van der Waals surface area contributed by atoms with Gasteiger partial charge in [0.2, 0.25) is 0 Å². The number of rotatable bonds is 23. The van der Waals surface area contributed by atoms with E-state index in [1.165, 1.54) is 122 Å². The Morgan fingerprint density at radius 3 is 1.17 bits per heavy atom. The third-order valence-corrected chi connectivity index (χ3v) is 7.55. The lowest BCUT2D eigenvalue weighted by Gasteiger charge is -2.39. The second kappa shape index (κ2) is 19.7. The topological polar surface area (TPSA) is 60.7 Å². The summed E-state index contributed by atoms with van der Waals surface area (Å²) in [5.74, 6) is 0. The zero-order valence-electron chi connectivity index (χ0n) is 20.8. The Hall–Kier alpha value is 0.0569. The van der Waals surface area contributed by atoms with Crippen molar-refractivity contribution in [2.24, 2.45) is 0 Å². The van der Waals surface area contributed by atoms with Crippen LogP contribution in [0.2, 0.25) is 6.04 Å². The first-order valence-corrected chi connectivity index (χ1v) is 15.5. The summed E-state index contributed by atoms with van der Waals surface area (Å²) in [6, 6.07) is 0.180. The van der Waals surface area contributed by atoms with Crippen molar-refractivity contribution in [2.45, 2.75) is 136 Å². The van der Waals surface area contributed by atoms with Crippen LogP contribution in [-0.4, -0.2) is 53.9 Å². The highest BCUT2D eigenvalue weighted by molar-refractivity contribution is 6.56. The maximum Gasteiger partial charge on any atom is 0.492 e. The van der Waals surface area contributed by atoms with E-state index >= 15 is 0 Å². The number of unbranched alkanes of at least 4 members (excludes halogenated alkanes) is 13. The van der Waals surface area contributed by atoms with Crippen LogP contribution < -0.4 is 0 Å². The van der Waals surface area contributed by atoms with E-state index in [-0.39, 0.29) is 6.04 Å². The Morgan fingerprint density at radius 2 is 0.800 bits per heavy atom. The number of nitrogens with zero attached hydrogens (tertiary/aromatic N) is 1. The van der Waals surface area contributed by atoms with Crippen molar-refractivity contribution >= 4 is 8.80 Å². The Kier molecular flexibility index (Phi) is 19.8. The van der Waals surface area contributed by atoms with E-state index in [4.69, 9.17) is 0 Å². The maximum absolute atomic E-state index is 9.33. The van der Waals surface area contributed by atoms with Gasteiger partial charge in [-0.2, -0.15) is 0 Å². The lowest BCUT2D eigenvalue weighted by Crippen LogP contribution is -2.51. The zero-order chi connectivity index (χ0) is 22.6. The summed E-state index contributed by atoms with van der Waals surface area (Å²) in [6.07, 6.45) is 22.5. The van der Waals surface area contributed by atoms with Crippen LogP contribution in [-0.2, 0) is 0 Å². The molecule has 0 aromatic heterocycles. The van der Waals surface area contributed by atoms with Gasteiger partial charge in [-0.25, -0.2) is 0 Å². The fourth-order valence-electron chi connectivity index (χ4n) is 4.91. The Labute approximate surface area is 190 Å². The van der Waals surface area contributed by atoms with Gasteiger partial charge in [0.05, 0.1) is 26.2 Å². The van der Waals surface area contributed by atoms with E-state index in [2.05, 4.69) is 20.8 Å². The summed E-state index contributed by atoms with van der Waals surface area (Å²) in [6.45, 7) is 11.3. The molecule has 0 heterocycles. The molecule has 0 saturated carbocycles. The van der Waals surface area contributed by atoms with Crippen LogP contribution >= 0.6 is 0 Å². The molecule has 0 aliphatic rings. The molecule has 4 nitrogen and oxygen atoms in total. The summed E-state index contributed by atoms with van der Waals surface area (Å²) in [4.78, 5) is 28.0. The summed E-state index contributed by atoms with van der Waals surface area (Å²) >= 11 is 0. The molecular formula is C25H56NO3Si+. The minimum Gasteiger partial charge on any atom is -0.390 e. The van der Waals surface area contributed by atoms with Crippen molar-refractivity contribution in [2.75, 3.05) is 26.2 Å². The molecule has 0 saturated heterocycles. The molecule has 30 heavy (non-hydrogen) atoms. The fourth-order valence-corrected chi connectivity index (χ4v) is 5.55. The van der Waals surface area contributed by atoms with Gasteiger partial charge in [0, 0.05) is 12.5 Å². The molecule has 182 valence electrons. The van der Waals surface area contributed by atoms with Gasteiger partial charge in [0.15, 0.2) is 0 Å². The smallest absolute Gasteiger partial charge is 0.390 e. The molecule has 0 amide bonds. The average Bonchev–Trinajstić information content (AvgIpc) is 2.67. The van der Waals surface area contributed by atoms with Crippen molar-refractivity contribution in [1.29, 1.82) is 0 Å². The van der Waals surface area contributed by atoms with Crippen LogP contribution in [0.4, 0.5) is 0 Å². The van der Waals surface area contributed by atoms with Gasteiger partial charge in [0.1, 0.15) is 0 Å². The summed E-state index contributed by atoms with van der Waals surface area (Å²) < 4.78 is 1.09. The number of hydrogen-bond acceptors (Lipinski definition) is 3. The molecule has 0 rings (SSSR count). The standard InChI is InChI=1S/C25H56NO3Si/c1-4-7-8-9-10-11-12-13-14-15-16-17-18-19-23-26(21-5-2,22-6-3)24-20-25-30(27,28)29/h27-29H,4-25H2,1-3H3/q+1. The molecule has 0 aliphatic heterocycles. The second-order valence-corrected chi connectivity index (χ2v) is 11.8. The minimum absolute atomic E-state index is 0.180. The van der Waals surface area contributed by atoms with Gasteiger partial charge >= 0.3 is 8.80 Å². The zero-order valence-corrected chi connectivity index (χ0v) is 21.8. The molecule has 0 bridgehead atoms. The van der Waals surface area contributed by atoms with Crippen LogP contribution in [0.5, 0.6) is 0 Å². The number of quaternary nitrogens is 1. The first-order chi connectivity index (χ1) is 14.4. The predicted molar refractivity (Wildman–Crippen MR) is 132 cm³/mol. The summed E-state index contributed by atoms with van der Waals surface area (Å²) in [5, 5.41) is 0. The number of hydrogen-bond donors (Lipinski definition) is 3. The molecular weight excluding hydrogens is 390 g/mol. The van der Waals surface area contributed by atoms with Gasteiger partial charge < -0.3 is 18.9 Å². The highest BCUT2D eigenvalue weighted by atomic mass is 28.4. The molecule has 0 unspecified atom stereocenters. The fraction of sp³-hybridized carbons (Fsp3) is 1.00. The predicted octanol–water partition coefficient (Wildman–Crippen LogP) is 6.41. The monoisotopic (exact) mass is 446 g/mol. The average molecular weight is 447 g/mol. The van der Waals surface area contributed by atoms with E-state index in [0.717, 1.165) is 11.0 Å². The van der Waals surface area contributed by atoms with Crippen LogP contribution in [0.15, 0.2) is 0 Å². The van der Waals surface area contributed by atoms with Gasteiger partial charge in [-0.3, -0.25) is 0 Å². The van der Waals surface area contributed by atoms with Crippen LogP contribution in [0.25, 0.3) is 0 Å². The van der Waals surface area contributed by atoms with Gasteiger partial charge in [-0.05, 0) is 25.7 Å². The van der Waals surface area contributed by atoms with E-state index in [1.54, 1.807) is 0 Å². The van der Waals surface area contributed by atoms with Crippen molar-refractivity contribution in [1.82, 2.24) is 0 Å². The van der Waals surface area contributed by atoms with Gasteiger partial charge in [-0.15, -0.1) is 0 Å². The largest absolute Gasteiger partial charge is 0.492 e. The first kappa shape index (κ1) is 30.1. The highest BCUT2D eigenvalue weighted by Crippen LogP contribution is 2.18. The van der Waals surface area contributed by atoms with Gasteiger partial charge in [0.25, 0.3) is 0 Å². The second-order valence-electron chi connectivity index (χ2n) is 9.71. The van der Waals surface area contributed by atoms with E-state index in [0.29, 0.717) is 6.42 Å². The van der Waals surface area contributed by atoms with Crippen LogP contribution in [0.1, 0.15) is 130 Å². The van der Waals surface area contributed by atoms with Gasteiger partial charge in [-0.1, -0.05) is 97.8 Å². The first-order valence-electron chi connectivity index (χ1n) is 13.4. The molecule has 0 aromatic rings. The third-order valence-electron chi connectivity index (χ3n) is 6.53. The quantitative estimate of drug-likeness (QED) is 0.0965. The molecule has 0 aliphatic carbocycles. The van der Waals surface area contributed by atoms with E-state index in [9.17, 15) is 14.4 Å². The van der Waals surface area contributed by atoms with Crippen molar-refractivity contribution < 1.29 is 18.9 Å². The lowest BCUT2D eigenvalue weighted by molar-refractivity contribution is -0.928. The Balaban J connectivity index is 3.84. The van der Waals surface area contributed by atoms with Crippen molar-refractivity contribution in [3.8, 4) is 0 Å². The Morgan fingerprint density at radius 1 is 0.433 bits per heavy atom. The third kappa shape index (κ3) is 18.8.